The zero-order chi connectivity index (χ0) is 25.8. The molecule has 2 aromatic heterocycles. The summed E-state index contributed by atoms with van der Waals surface area (Å²) in [6.07, 6.45) is 5.02. The number of benzene rings is 2. The average Bonchev–Trinajstić information content (AvgIpc) is 3.50. The van der Waals surface area contributed by atoms with Gasteiger partial charge in [0.1, 0.15) is 29.4 Å². The first kappa shape index (κ1) is 23.5. The lowest BCUT2D eigenvalue weighted by atomic mass is 9.99. The van der Waals surface area contributed by atoms with Crippen LogP contribution in [0.3, 0.4) is 0 Å². The Hall–Kier alpha value is -3.56. The van der Waals surface area contributed by atoms with Gasteiger partial charge in [0.05, 0.1) is 5.39 Å². The minimum absolute atomic E-state index is 0.0596. The fraction of sp³-hybridized carbons (Fsp3) is 0.414. The number of anilines is 1. The summed E-state index contributed by atoms with van der Waals surface area (Å²) in [6.45, 7) is 4.14. The van der Waals surface area contributed by atoms with Crippen molar-refractivity contribution in [3.63, 3.8) is 0 Å². The third-order valence-electron chi connectivity index (χ3n) is 8.35. The van der Waals surface area contributed by atoms with E-state index in [4.69, 9.17) is 9.72 Å². The van der Waals surface area contributed by atoms with Crippen molar-refractivity contribution in [2.24, 2.45) is 5.92 Å². The smallest absolute Gasteiger partial charge is 0.319 e. The largest absolute Gasteiger partial charge is 0.508 e. The lowest BCUT2D eigenvalue weighted by Crippen LogP contribution is -2.41. The fourth-order valence-corrected chi connectivity index (χ4v) is 6.37. The van der Waals surface area contributed by atoms with Gasteiger partial charge in [-0.2, -0.15) is 9.97 Å². The van der Waals surface area contributed by atoms with Crippen molar-refractivity contribution in [2.75, 3.05) is 44.7 Å². The molecular formula is C29H31FN6O2. The first-order chi connectivity index (χ1) is 18.5. The van der Waals surface area contributed by atoms with Crippen molar-refractivity contribution in [1.82, 2.24) is 25.2 Å². The summed E-state index contributed by atoms with van der Waals surface area (Å²) in [5.74, 6) is 0.722. The number of rotatable bonds is 5. The van der Waals surface area contributed by atoms with Crippen LogP contribution in [0.1, 0.15) is 19.3 Å². The van der Waals surface area contributed by atoms with E-state index in [-0.39, 0.29) is 23.0 Å². The topological polar surface area (TPSA) is 86.6 Å². The van der Waals surface area contributed by atoms with Crippen LogP contribution in [0.5, 0.6) is 11.8 Å². The molecule has 3 atom stereocenters. The van der Waals surface area contributed by atoms with Gasteiger partial charge in [-0.1, -0.05) is 24.3 Å². The molecule has 5 heterocycles. The van der Waals surface area contributed by atoms with E-state index in [0.29, 0.717) is 41.4 Å². The number of nitrogens with one attached hydrogen (secondary N) is 1. The van der Waals surface area contributed by atoms with E-state index in [1.54, 1.807) is 18.3 Å². The summed E-state index contributed by atoms with van der Waals surface area (Å²) in [6, 6.07) is 11.7. The van der Waals surface area contributed by atoms with Crippen LogP contribution < -0.4 is 15.0 Å². The quantitative estimate of drug-likeness (QED) is 0.414. The number of ether oxygens (including phenoxy) is 1. The Kier molecular flexibility index (Phi) is 5.78. The zero-order valence-electron chi connectivity index (χ0n) is 21.4. The van der Waals surface area contributed by atoms with E-state index in [0.717, 1.165) is 56.2 Å². The molecule has 3 fully saturated rings. The molecule has 3 aliphatic rings. The van der Waals surface area contributed by atoms with Gasteiger partial charge < -0.3 is 25.0 Å². The van der Waals surface area contributed by atoms with Crippen LogP contribution in [0.15, 0.2) is 42.6 Å². The zero-order valence-corrected chi connectivity index (χ0v) is 21.4. The number of hydrogen-bond acceptors (Lipinski definition) is 8. The number of piperidine rings is 1. The Morgan fingerprint density at radius 3 is 2.89 bits per heavy atom. The highest BCUT2D eigenvalue weighted by Gasteiger charge is 2.34. The molecule has 2 unspecified atom stereocenters. The normalized spacial score (nSPS) is 23.5. The third-order valence-corrected chi connectivity index (χ3v) is 8.35. The standard InChI is InChI=1S/C29H31FN6O2/c1-35-8-4-6-20(35)16-38-29-33-27-24(28(34-29)36-14-17-9-19(15-36)31-12-17)13-32-26(25(27)30)23-11-21(37)10-18-5-2-3-7-22(18)23/h2-3,5,7,10-11,13,17,19-20,31,37H,4,6,8-9,12,14-16H2,1H3/t17?,19?,20-/m0/s1. The number of phenols is 1. The second-order valence-corrected chi connectivity index (χ2v) is 10.9. The number of nitrogens with zero attached hydrogens (tertiary/aromatic N) is 5. The highest BCUT2D eigenvalue weighted by Crippen LogP contribution is 2.38. The Bertz CT molecular complexity index is 1520. The van der Waals surface area contributed by atoms with Crippen LogP contribution in [0.25, 0.3) is 32.9 Å². The maximum atomic E-state index is 16.4. The van der Waals surface area contributed by atoms with Crippen molar-refractivity contribution < 1.29 is 14.2 Å². The molecule has 2 aromatic carbocycles. The van der Waals surface area contributed by atoms with Crippen molar-refractivity contribution in [2.45, 2.75) is 31.3 Å². The average molecular weight is 515 g/mol. The minimum atomic E-state index is -0.539. The Morgan fingerprint density at radius 1 is 1.16 bits per heavy atom. The SMILES string of the molecule is CN1CCC[C@H]1COc1nc(N2CC3CNC(C3)C2)c2cnc(-c3cc(O)cc4ccccc34)c(F)c2n1. The Morgan fingerprint density at radius 2 is 2.05 bits per heavy atom. The molecule has 2 N–H and O–H groups in total. The van der Waals surface area contributed by atoms with Gasteiger partial charge in [0.15, 0.2) is 5.82 Å². The Balaban J connectivity index is 1.36. The third kappa shape index (κ3) is 4.10. The van der Waals surface area contributed by atoms with Gasteiger partial charge in [0.2, 0.25) is 0 Å². The molecule has 0 radical (unpaired) electrons. The lowest BCUT2D eigenvalue weighted by Gasteiger charge is -2.32. The van der Waals surface area contributed by atoms with Crippen molar-refractivity contribution in [3.8, 4) is 23.0 Å². The summed E-state index contributed by atoms with van der Waals surface area (Å²) in [5.41, 5.74) is 0.861. The van der Waals surface area contributed by atoms with Crippen LogP contribution in [0, 0.1) is 11.7 Å². The van der Waals surface area contributed by atoms with Gasteiger partial charge >= 0.3 is 6.01 Å². The predicted octanol–water partition coefficient (Wildman–Crippen LogP) is 3.96. The number of halogens is 1. The molecule has 9 heteroatoms. The van der Waals surface area contributed by atoms with Gasteiger partial charge in [-0.05, 0) is 61.7 Å². The molecule has 0 spiro atoms. The highest BCUT2D eigenvalue weighted by atomic mass is 19.1. The summed E-state index contributed by atoms with van der Waals surface area (Å²) < 4.78 is 22.5. The van der Waals surface area contributed by atoms with Gasteiger partial charge in [-0.3, -0.25) is 4.98 Å². The van der Waals surface area contributed by atoms with E-state index in [9.17, 15) is 5.11 Å². The van der Waals surface area contributed by atoms with E-state index in [1.165, 1.54) is 0 Å². The van der Waals surface area contributed by atoms with Gasteiger partial charge in [0, 0.05) is 43.5 Å². The van der Waals surface area contributed by atoms with E-state index in [1.807, 2.05) is 24.3 Å². The summed E-state index contributed by atoms with van der Waals surface area (Å²) in [5, 5.41) is 16.1. The van der Waals surface area contributed by atoms with Gasteiger partial charge in [-0.25, -0.2) is 4.39 Å². The number of fused-ring (bicyclic) bond motifs is 4. The highest BCUT2D eigenvalue weighted by molar-refractivity contribution is 5.99. The number of aromatic hydroxyl groups is 1. The molecule has 38 heavy (non-hydrogen) atoms. The summed E-state index contributed by atoms with van der Waals surface area (Å²) >= 11 is 0. The maximum Gasteiger partial charge on any atom is 0.319 e. The van der Waals surface area contributed by atoms with Gasteiger partial charge in [0.25, 0.3) is 0 Å². The molecule has 0 aliphatic carbocycles. The molecule has 7 rings (SSSR count). The molecular weight excluding hydrogens is 483 g/mol. The molecule has 0 saturated carbocycles. The van der Waals surface area contributed by atoms with E-state index >= 15 is 4.39 Å². The molecule has 2 bridgehead atoms. The molecule has 0 amide bonds. The van der Waals surface area contributed by atoms with Gasteiger partial charge in [-0.15, -0.1) is 0 Å². The van der Waals surface area contributed by atoms with Crippen LogP contribution in [-0.2, 0) is 0 Å². The van der Waals surface area contributed by atoms with Crippen LogP contribution in [-0.4, -0.2) is 76.9 Å². The number of hydrogen-bond donors (Lipinski definition) is 2. The number of phenolic OH excluding ortho intramolecular Hbond substituents is 1. The molecule has 4 aromatic rings. The minimum Gasteiger partial charge on any atom is -0.508 e. The number of pyridine rings is 1. The molecule has 8 nitrogen and oxygen atoms in total. The monoisotopic (exact) mass is 514 g/mol. The predicted molar refractivity (Wildman–Crippen MR) is 145 cm³/mol. The molecule has 196 valence electrons. The Labute approximate surface area is 220 Å². The first-order valence-electron chi connectivity index (χ1n) is 13.4. The van der Waals surface area contributed by atoms with Crippen molar-refractivity contribution in [1.29, 1.82) is 0 Å². The van der Waals surface area contributed by atoms with Crippen LogP contribution in [0.2, 0.25) is 0 Å². The second-order valence-electron chi connectivity index (χ2n) is 10.9. The summed E-state index contributed by atoms with van der Waals surface area (Å²) in [4.78, 5) is 18.5. The van der Waals surface area contributed by atoms with Crippen LogP contribution in [0.4, 0.5) is 10.2 Å². The van der Waals surface area contributed by atoms with Crippen molar-refractivity contribution in [3.05, 3.63) is 48.4 Å². The second kappa shape index (κ2) is 9.32. The molecule has 3 saturated heterocycles. The maximum absolute atomic E-state index is 16.4. The first-order valence-corrected chi connectivity index (χ1v) is 13.4. The summed E-state index contributed by atoms with van der Waals surface area (Å²) in [7, 11) is 2.10. The van der Waals surface area contributed by atoms with E-state index < -0.39 is 5.82 Å². The number of aromatic nitrogens is 3. The van der Waals surface area contributed by atoms with Crippen LogP contribution >= 0.6 is 0 Å². The van der Waals surface area contributed by atoms with E-state index in [2.05, 4.69) is 32.1 Å². The number of likely N-dealkylation sites (tertiary alicyclic amines) is 1. The van der Waals surface area contributed by atoms with Crippen molar-refractivity contribution >= 4 is 27.5 Å². The number of likely N-dealkylation sites (N-methyl/N-ethyl adjacent to an activating group) is 1. The lowest BCUT2D eigenvalue weighted by molar-refractivity contribution is 0.188. The molecule has 3 aliphatic heterocycles. The fourth-order valence-electron chi connectivity index (χ4n) is 6.37.